The number of anilines is 1. The first kappa shape index (κ1) is 23.8. The molecule has 0 spiro atoms. The van der Waals surface area contributed by atoms with E-state index in [4.69, 9.17) is 15.0 Å². The number of nitrogens with zero attached hydrogens (tertiary/aromatic N) is 4. The Morgan fingerprint density at radius 1 is 1.47 bits per heavy atom. The summed E-state index contributed by atoms with van der Waals surface area (Å²) in [5.74, 6) is -1.61. The third kappa shape index (κ3) is 4.18. The molecule has 14 heteroatoms. The number of nitrogens with one attached hydrogen (secondary N) is 1. The summed E-state index contributed by atoms with van der Waals surface area (Å²) in [6.45, 7) is 2.08. The molecule has 2 aliphatic heterocycles. The van der Waals surface area contributed by atoms with Crippen molar-refractivity contribution in [2.45, 2.75) is 24.9 Å². The highest BCUT2D eigenvalue weighted by Crippen LogP contribution is 2.40. The molecule has 12 nitrogen and oxygen atoms in total. The lowest BCUT2D eigenvalue weighted by molar-refractivity contribution is -0.688. The highest BCUT2D eigenvalue weighted by molar-refractivity contribution is 8.00. The number of fused-ring (bicyclic) bond motifs is 2. The molecule has 5 heterocycles. The van der Waals surface area contributed by atoms with E-state index in [1.54, 1.807) is 16.1 Å². The molecule has 2 aliphatic rings. The molecule has 3 N–H and O–H groups in total. The molecule has 2 amide bonds. The third-order valence-electron chi connectivity index (χ3n) is 5.71. The average Bonchev–Trinajstić information content (AvgIpc) is 3.44. The predicted molar refractivity (Wildman–Crippen MR) is 128 cm³/mol. The largest absolute Gasteiger partial charge is 0.543 e. The lowest BCUT2D eigenvalue weighted by atomic mass is 10.0. The van der Waals surface area contributed by atoms with E-state index in [2.05, 4.69) is 15.5 Å². The van der Waals surface area contributed by atoms with E-state index in [1.807, 2.05) is 25.3 Å². The maximum atomic E-state index is 13.0. The van der Waals surface area contributed by atoms with Gasteiger partial charge in [-0.25, -0.2) is 4.98 Å². The number of β-lactam (4-membered cyclic amide) rings is 1. The van der Waals surface area contributed by atoms with Crippen molar-refractivity contribution in [1.82, 2.24) is 15.2 Å². The van der Waals surface area contributed by atoms with E-state index in [0.717, 1.165) is 27.4 Å². The van der Waals surface area contributed by atoms with Crippen LogP contribution in [0.4, 0.5) is 5.13 Å². The van der Waals surface area contributed by atoms with Gasteiger partial charge in [-0.15, -0.1) is 23.1 Å². The molecule has 2 atom stereocenters. The lowest BCUT2D eigenvalue weighted by Gasteiger charge is -2.50. The fourth-order valence-electron chi connectivity index (χ4n) is 4.17. The van der Waals surface area contributed by atoms with Crippen molar-refractivity contribution < 1.29 is 33.3 Å². The number of carboxylic acids is 1. The van der Waals surface area contributed by atoms with E-state index in [9.17, 15) is 19.5 Å². The van der Waals surface area contributed by atoms with Crippen LogP contribution in [-0.4, -0.2) is 57.7 Å². The van der Waals surface area contributed by atoms with Crippen LogP contribution in [0, 0.1) is 6.92 Å². The van der Waals surface area contributed by atoms with Gasteiger partial charge in [-0.2, -0.15) is 4.57 Å². The molecule has 0 aliphatic carbocycles. The van der Waals surface area contributed by atoms with Gasteiger partial charge in [0.2, 0.25) is 6.20 Å². The smallest absolute Gasteiger partial charge is 0.276 e. The van der Waals surface area contributed by atoms with Crippen molar-refractivity contribution in [1.29, 1.82) is 0 Å². The molecular formula is C22H20N6O6S2. The van der Waals surface area contributed by atoms with Crippen LogP contribution >= 0.6 is 23.1 Å². The topological polar surface area (TPSA) is 167 Å². The normalized spacial score (nSPS) is 19.8. The zero-order chi connectivity index (χ0) is 25.6. The van der Waals surface area contributed by atoms with Gasteiger partial charge in [-0.05, 0) is 13.0 Å². The summed E-state index contributed by atoms with van der Waals surface area (Å²) in [7, 11) is 1.28. The maximum Gasteiger partial charge on any atom is 0.276 e. The van der Waals surface area contributed by atoms with Gasteiger partial charge in [-0.3, -0.25) is 14.5 Å². The Morgan fingerprint density at radius 3 is 2.97 bits per heavy atom. The number of amides is 2. The number of oxime groups is 1. The summed E-state index contributed by atoms with van der Waals surface area (Å²) in [5.41, 5.74) is 6.70. The molecule has 0 bridgehead atoms. The second-order valence-electron chi connectivity index (χ2n) is 8.09. The minimum atomic E-state index is -1.46. The summed E-state index contributed by atoms with van der Waals surface area (Å²) in [6, 6.07) is 2.83. The standard InChI is InChI=1S/C22H20N6O6S2/c1-10-5-11-3-4-27(7-14(11)34-10)6-12-8-35-20-16(19(30)28(20)17(12)21(31)32)25-18(29)15(26-33-2)13-9-36-22(23)24-13/h3-5,7,9,16,20H,6,8H2,1-2H3,(H3-,23,24,25,29,31,32)/t16?,20-/m0/s1. The second-order valence-corrected chi connectivity index (χ2v) is 10.1. The number of hydrogen-bond donors (Lipinski definition) is 2. The summed E-state index contributed by atoms with van der Waals surface area (Å²) >= 11 is 2.47. The van der Waals surface area contributed by atoms with Crippen LogP contribution < -0.4 is 20.7 Å². The molecular weight excluding hydrogens is 508 g/mol. The Kier molecular flexibility index (Phi) is 6.14. The molecule has 1 fully saturated rings. The first-order chi connectivity index (χ1) is 17.3. The Bertz CT molecular complexity index is 1460. The highest BCUT2D eigenvalue weighted by Gasteiger charge is 2.53. The maximum absolute atomic E-state index is 13.0. The number of carbonyl (C=O) groups is 3. The first-order valence-corrected chi connectivity index (χ1v) is 12.6. The molecule has 5 rings (SSSR count). The monoisotopic (exact) mass is 528 g/mol. The van der Waals surface area contributed by atoms with Crippen LogP contribution in [-0.2, 0) is 25.8 Å². The fraction of sp³-hybridized carbons (Fsp3) is 0.273. The van der Waals surface area contributed by atoms with Crippen molar-refractivity contribution in [2.24, 2.45) is 5.16 Å². The number of thioether (sulfide) groups is 1. The van der Waals surface area contributed by atoms with Crippen LogP contribution in [0.5, 0.6) is 0 Å². The number of carboxylic acid groups (broad SMARTS) is 1. The number of hydrogen-bond acceptors (Lipinski definition) is 11. The number of thiazole rings is 1. The third-order valence-corrected chi connectivity index (χ3v) is 7.72. The molecule has 186 valence electrons. The van der Waals surface area contributed by atoms with Crippen LogP contribution in [0.15, 0.2) is 50.7 Å². The molecule has 0 radical (unpaired) electrons. The van der Waals surface area contributed by atoms with Gasteiger partial charge < -0.3 is 30.2 Å². The lowest BCUT2D eigenvalue weighted by Crippen LogP contribution is -2.71. The molecule has 3 aromatic rings. The Morgan fingerprint density at radius 2 is 2.28 bits per heavy atom. The second kappa shape index (κ2) is 9.28. The number of rotatable bonds is 7. The Labute approximate surface area is 212 Å². The van der Waals surface area contributed by atoms with Gasteiger partial charge in [-0.1, -0.05) is 5.16 Å². The van der Waals surface area contributed by atoms with E-state index in [1.165, 1.54) is 18.9 Å². The summed E-state index contributed by atoms with van der Waals surface area (Å²) < 4.78 is 7.45. The van der Waals surface area contributed by atoms with Crippen LogP contribution in [0.1, 0.15) is 11.5 Å². The number of pyridine rings is 1. The van der Waals surface area contributed by atoms with Gasteiger partial charge in [0, 0.05) is 28.2 Å². The van der Waals surface area contributed by atoms with Gasteiger partial charge in [0.15, 0.2) is 29.2 Å². The summed E-state index contributed by atoms with van der Waals surface area (Å²) in [5, 5.41) is 20.5. The van der Waals surface area contributed by atoms with E-state index in [0.29, 0.717) is 16.9 Å². The van der Waals surface area contributed by atoms with Crippen LogP contribution in [0.3, 0.4) is 0 Å². The van der Waals surface area contributed by atoms with Crippen molar-refractivity contribution in [3.8, 4) is 0 Å². The van der Waals surface area contributed by atoms with Gasteiger partial charge in [0.25, 0.3) is 11.8 Å². The first-order valence-electron chi connectivity index (χ1n) is 10.7. The van der Waals surface area contributed by atoms with Crippen molar-refractivity contribution in [2.75, 3.05) is 18.6 Å². The minimum absolute atomic E-state index is 0.145. The molecule has 3 aromatic heterocycles. The number of carbonyl (C=O) groups excluding carboxylic acids is 3. The van der Waals surface area contributed by atoms with E-state index in [-0.39, 0.29) is 28.8 Å². The Balaban J connectivity index is 1.36. The zero-order valence-electron chi connectivity index (χ0n) is 19.1. The number of nitrogen functional groups attached to an aromatic ring is 1. The quantitative estimate of drug-likeness (QED) is 0.178. The fourth-order valence-corrected chi connectivity index (χ4v) is 6.05. The molecule has 0 saturated carbocycles. The minimum Gasteiger partial charge on any atom is -0.543 e. The van der Waals surface area contributed by atoms with Crippen LogP contribution in [0.25, 0.3) is 11.0 Å². The SMILES string of the molecule is CON=C(C(=O)NC1C(=O)N2C(C(=O)[O-])=C(C[n+]3ccc4cc(C)oc4c3)CS[C@@H]12)c1csc(N)n1. The molecule has 1 unspecified atom stereocenters. The van der Waals surface area contributed by atoms with Gasteiger partial charge >= 0.3 is 0 Å². The zero-order valence-corrected chi connectivity index (χ0v) is 20.7. The number of nitrogens with two attached hydrogens (primary N) is 1. The summed E-state index contributed by atoms with van der Waals surface area (Å²) in [6.07, 6.45) is 3.60. The van der Waals surface area contributed by atoms with Gasteiger partial charge in [0.1, 0.15) is 30.0 Å². The molecule has 1 saturated heterocycles. The van der Waals surface area contributed by atoms with Crippen LogP contribution in [0.2, 0.25) is 0 Å². The number of aliphatic carboxylic acids is 1. The summed E-state index contributed by atoms with van der Waals surface area (Å²) in [4.78, 5) is 47.9. The number of furan rings is 1. The van der Waals surface area contributed by atoms with Crippen molar-refractivity contribution in [3.05, 3.63) is 52.6 Å². The van der Waals surface area contributed by atoms with Crippen molar-refractivity contribution in [3.63, 3.8) is 0 Å². The average molecular weight is 529 g/mol. The molecule has 36 heavy (non-hydrogen) atoms. The number of aromatic nitrogens is 2. The number of aryl methyl sites for hydroxylation is 1. The van der Waals surface area contributed by atoms with Crippen molar-refractivity contribution >= 4 is 62.7 Å². The van der Waals surface area contributed by atoms with E-state index < -0.39 is 29.2 Å². The van der Waals surface area contributed by atoms with Gasteiger partial charge in [0.05, 0.1) is 11.7 Å². The van der Waals surface area contributed by atoms with E-state index >= 15 is 0 Å². The highest BCUT2D eigenvalue weighted by atomic mass is 32.2. The predicted octanol–water partition coefficient (Wildman–Crippen LogP) is -0.478. The Hall–Kier alpha value is -3.91. The molecule has 0 aromatic carbocycles.